The topological polar surface area (TPSA) is 95.4 Å². The molecule has 0 spiro atoms. The third-order valence-electron chi connectivity index (χ3n) is 5.56. The van der Waals surface area contributed by atoms with Gasteiger partial charge in [-0.15, -0.1) is 0 Å². The fraction of sp³-hybridized carbons (Fsp3) is 0.143. The number of fused-ring (bicyclic) bond motifs is 1. The van der Waals surface area contributed by atoms with E-state index in [1.165, 1.54) is 5.57 Å². The highest BCUT2D eigenvalue weighted by molar-refractivity contribution is 6.00. The molecule has 3 aromatic carbocycles. The van der Waals surface area contributed by atoms with Crippen molar-refractivity contribution in [3.63, 3.8) is 0 Å². The SMILES string of the molecule is CC/C(=C(/c1ccc(/C=C/C(=O)O)cc1)c1ccc2[nH]ncc2c1)c1ccc(OCCO)cc1. The molecule has 4 aromatic rings. The minimum atomic E-state index is -0.974. The molecule has 0 amide bonds. The second-order valence-corrected chi connectivity index (χ2v) is 7.77. The van der Waals surface area contributed by atoms with Gasteiger partial charge >= 0.3 is 5.97 Å². The van der Waals surface area contributed by atoms with Gasteiger partial charge in [-0.1, -0.05) is 49.4 Å². The van der Waals surface area contributed by atoms with Crippen molar-refractivity contribution in [2.75, 3.05) is 13.2 Å². The fourth-order valence-electron chi connectivity index (χ4n) is 3.98. The minimum Gasteiger partial charge on any atom is -0.491 e. The third kappa shape index (κ3) is 5.24. The first kappa shape index (κ1) is 23.0. The van der Waals surface area contributed by atoms with Gasteiger partial charge in [-0.2, -0.15) is 5.10 Å². The number of aliphatic hydroxyl groups excluding tert-OH is 1. The van der Waals surface area contributed by atoms with Crippen molar-refractivity contribution in [3.8, 4) is 5.75 Å². The molecule has 0 aliphatic rings. The zero-order chi connectivity index (χ0) is 23.9. The van der Waals surface area contributed by atoms with Gasteiger partial charge in [0, 0.05) is 11.5 Å². The van der Waals surface area contributed by atoms with Gasteiger partial charge < -0.3 is 14.9 Å². The van der Waals surface area contributed by atoms with Gasteiger partial charge in [0.05, 0.1) is 18.3 Å². The smallest absolute Gasteiger partial charge is 0.328 e. The number of carboxylic acids is 1. The van der Waals surface area contributed by atoms with E-state index in [4.69, 9.17) is 14.9 Å². The van der Waals surface area contributed by atoms with E-state index in [-0.39, 0.29) is 13.2 Å². The summed E-state index contributed by atoms with van der Waals surface area (Å²) in [6, 6.07) is 22.0. The molecule has 34 heavy (non-hydrogen) atoms. The Morgan fingerprint density at radius 1 is 1.00 bits per heavy atom. The molecule has 172 valence electrons. The number of aromatic amines is 1. The molecule has 1 aromatic heterocycles. The van der Waals surface area contributed by atoms with Gasteiger partial charge in [0.1, 0.15) is 12.4 Å². The first-order valence-corrected chi connectivity index (χ1v) is 11.1. The molecule has 0 saturated carbocycles. The van der Waals surface area contributed by atoms with Crippen molar-refractivity contribution >= 4 is 34.1 Å². The van der Waals surface area contributed by atoms with E-state index < -0.39 is 5.97 Å². The molecule has 0 saturated heterocycles. The molecule has 1 heterocycles. The molecule has 0 fully saturated rings. The number of benzene rings is 3. The molecule has 0 unspecified atom stereocenters. The van der Waals surface area contributed by atoms with Gasteiger partial charge in [-0.05, 0) is 70.2 Å². The van der Waals surface area contributed by atoms with Crippen LogP contribution >= 0.6 is 0 Å². The standard InChI is InChI=1S/C28H26N2O4/c1-2-25(20-8-11-24(12-9-20)34-16-15-31)28(22-10-13-26-23(17-22)18-29-30-26)21-6-3-19(4-7-21)5-14-27(32)33/h3-14,17-18,31H,2,15-16H2,1H3,(H,29,30)(H,32,33)/b14-5+,28-25+. The molecule has 6 nitrogen and oxygen atoms in total. The van der Waals surface area contributed by atoms with Crippen molar-refractivity contribution in [2.45, 2.75) is 13.3 Å². The summed E-state index contributed by atoms with van der Waals surface area (Å²) in [5.74, 6) is -0.262. The molecule has 0 atom stereocenters. The second-order valence-electron chi connectivity index (χ2n) is 7.77. The van der Waals surface area contributed by atoms with Gasteiger partial charge in [-0.3, -0.25) is 5.10 Å². The van der Waals surface area contributed by atoms with Crippen LogP contribution in [0.1, 0.15) is 35.6 Å². The highest BCUT2D eigenvalue weighted by Gasteiger charge is 2.14. The van der Waals surface area contributed by atoms with Crippen molar-refractivity contribution < 1.29 is 19.7 Å². The lowest BCUT2D eigenvalue weighted by atomic mass is 9.87. The number of aliphatic hydroxyl groups is 1. The van der Waals surface area contributed by atoms with Crippen LogP contribution in [0.5, 0.6) is 5.75 Å². The molecule has 0 aliphatic carbocycles. The van der Waals surface area contributed by atoms with Crippen molar-refractivity contribution in [2.24, 2.45) is 0 Å². The number of nitrogens with zero attached hydrogens (tertiary/aromatic N) is 1. The second kappa shape index (κ2) is 10.6. The summed E-state index contributed by atoms with van der Waals surface area (Å²) in [5.41, 5.74) is 7.25. The van der Waals surface area contributed by atoms with Gasteiger partial charge in [0.15, 0.2) is 0 Å². The number of nitrogens with one attached hydrogen (secondary N) is 1. The van der Waals surface area contributed by atoms with E-state index in [1.807, 2.05) is 60.8 Å². The number of ether oxygens (including phenoxy) is 1. The van der Waals surface area contributed by atoms with E-state index in [9.17, 15) is 4.79 Å². The Morgan fingerprint density at radius 2 is 1.71 bits per heavy atom. The summed E-state index contributed by atoms with van der Waals surface area (Å²) >= 11 is 0. The summed E-state index contributed by atoms with van der Waals surface area (Å²) in [5, 5.41) is 26.1. The number of H-pyrrole nitrogens is 1. The lowest BCUT2D eigenvalue weighted by molar-refractivity contribution is -0.131. The predicted molar refractivity (Wildman–Crippen MR) is 134 cm³/mol. The van der Waals surface area contributed by atoms with E-state index >= 15 is 0 Å². The lowest BCUT2D eigenvalue weighted by Crippen LogP contribution is -2.01. The molecule has 0 bridgehead atoms. The minimum absolute atomic E-state index is 0.0276. The van der Waals surface area contributed by atoms with Crippen LogP contribution in [0, 0.1) is 0 Å². The molecule has 4 rings (SSSR count). The largest absolute Gasteiger partial charge is 0.491 e. The molecule has 0 radical (unpaired) electrons. The fourth-order valence-corrected chi connectivity index (χ4v) is 3.98. The Kier molecular flexibility index (Phi) is 7.20. The molecular weight excluding hydrogens is 428 g/mol. The van der Waals surface area contributed by atoms with Gasteiger partial charge in [0.2, 0.25) is 0 Å². The Hall–Kier alpha value is -4.16. The first-order chi connectivity index (χ1) is 16.6. The lowest BCUT2D eigenvalue weighted by Gasteiger charge is -2.17. The van der Waals surface area contributed by atoms with E-state index in [0.717, 1.165) is 51.2 Å². The van der Waals surface area contributed by atoms with Crippen LogP contribution < -0.4 is 4.74 Å². The van der Waals surface area contributed by atoms with Gasteiger partial charge in [0.25, 0.3) is 0 Å². The molecular formula is C28H26N2O4. The van der Waals surface area contributed by atoms with Crippen molar-refractivity contribution in [3.05, 3.63) is 101 Å². The summed E-state index contributed by atoms with van der Waals surface area (Å²) in [4.78, 5) is 10.9. The van der Waals surface area contributed by atoms with Crippen LogP contribution in [0.2, 0.25) is 0 Å². The number of carbonyl (C=O) groups is 1. The van der Waals surface area contributed by atoms with Crippen LogP contribution in [0.15, 0.2) is 79.0 Å². The number of aliphatic carboxylic acids is 1. The highest BCUT2D eigenvalue weighted by Crippen LogP contribution is 2.36. The average Bonchev–Trinajstić information content (AvgIpc) is 3.33. The molecule has 3 N–H and O–H groups in total. The van der Waals surface area contributed by atoms with Crippen LogP contribution in [-0.2, 0) is 4.79 Å². The maximum atomic E-state index is 10.9. The van der Waals surface area contributed by atoms with Crippen LogP contribution in [0.25, 0.3) is 28.1 Å². The molecule has 0 aliphatic heterocycles. The number of hydrogen-bond acceptors (Lipinski definition) is 4. The summed E-state index contributed by atoms with van der Waals surface area (Å²) < 4.78 is 5.52. The monoisotopic (exact) mass is 454 g/mol. The van der Waals surface area contributed by atoms with E-state index in [2.05, 4.69) is 29.3 Å². The quantitative estimate of drug-likeness (QED) is 0.232. The van der Waals surface area contributed by atoms with Crippen LogP contribution in [0.3, 0.4) is 0 Å². The Labute approximate surface area is 197 Å². The van der Waals surface area contributed by atoms with Crippen LogP contribution in [0.4, 0.5) is 0 Å². The maximum absolute atomic E-state index is 10.9. The number of rotatable bonds is 9. The number of carboxylic acid groups (broad SMARTS) is 1. The number of hydrogen-bond donors (Lipinski definition) is 3. The zero-order valence-corrected chi connectivity index (χ0v) is 18.9. The number of allylic oxidation sites excluding steroid dienone is 1. The predicted octanol–water partition coefficient (Wildman–Crippen LogP) is 5.40. The summed E-state index contributed by atoms with van der Waals surface area (Å²) in [6.07, 6.45) is 5.33. The third-order valence-corrected chi connectivity index (χ3v) is 5.56. The Bertz CT molecular complexity index is 1330. The highest BCUT2D eigenvalue weighted by atomic mass is 16.5. The summed E-state index contributed by atoms with van der Waals surface area (Å²) in [6.45, 7) is 2.36. The van der Waals surface area contributed by atoms with Crippen molar-refractivity contribution in [1.82, 2.24) is 10.2 Å². The first-order valence-electron chi connectivity index (χ1n) is 11.1. The number of aromatic nitrogens is 2. The van der Waals surface area contributed by atoms with Crippen molar-refractivity contribution in [1.29, 1.82) is 0 Å². The van der Waals surface area contributed by atoms with E-state index in [1.54, 1.807) is 6.08 Å². The normalized spacial score (nSPS) is 12.2. The Balaban J connectivity index is 1.83. The molecule has 6 heteroatoms. The average molecular weight is 455 g/mol. The van der Waals surface area contributed by atoms with Gasteiger partial charge in [-0.25, -0.2) is 4.79 Å². The maximum Gasteiger partial charge on any atom is 0.328 e. The summed E-state index contributed by atoms with van der Waals surface area (Å²) in [7, 11) is 0. The van der Waals surface area contributed by atoms with Crippen LogP contribution in [-0.4, -0.2) is 39.6 Å². The van der Waals surface area contributed by atoms with E-state index in [0.29, 0.717) is 5.75 Å². The Morgan fingerprint density at radius 3 is 2.38 bits per heavy atom. The zero-order valence-electron chi connectivity index (χ0n) is 18.9.